The zero-order chi connectivity index (χ0) is 21.6. The van der Waals surface area contributed by atoms with E-state index < -0.39 is 10.0 Å². The second-order valence-electron chi connectivity index (χ2n) is 6.82. The summed E-state index contributed by atoms with van der Waals surface area (Å²) in [5, 5.41) is 2.81. The van der Waals surface area contributed by atoms with E-state index in [1.54, 1.807) is 43.3 Å². The smallest absolute Gasteiger partial charge is 0.261 e. The van der Waals surface area contributed by atoms with Gasteiger partial charge in [-0.15, -0.1) is 0 Å². The normalized spacial score (nSPS) is 11.0. The van der Waals surface area contributed by atoms with Crippen molar-refractivity contribution in [3.63, 3.8) is 0 Å². The Morgan fingerprint density at radius 1 is 0.900 bits per heavy atom. The van der Waals surface area contributed by atoms with Crippen molar-refractivity contribution in [3.8, 4) is 5.75 Å². The average molecular weight is 425 g/mol. The van der Waals surface area contributed by atoms with Crippen LogP contribution in [-0.4, -0.2) is 27.5 Å². The summed E-state index contributed by atoms with van der Waals surface area (Å²) in [6.45, 7) is 4.42. The van der Waals surface area contributed by atoms with E-state index in [4.69, 9.17) is 4.74 Å². The van der Waals surface area contributed by atoms with Crippen molar-refractivity contribution in [2.24, 2.45) is 0 Å². The summed E-state index contributed by atoms with van der Waals surface area (Å²) in [5.74, 6) is 0.543. The van der Waals surface area contributed by atoms with Crippen LogP contribution in [0.3, 0.4) is 0 Å². The fourth-order valence-corrected chi connectivity index (χ4v) is 4.02. The van der Waals surface area contributed by atoms with Crippen molar-refractivity contribution in [2.45, 2.75) is 18.7 Å². The lowest BCUT2D eigenvalue weighted by Crippen LogP contribution is -2.28. The first-order chi connectivity index (χ1) is 14.4. The summed E-state index contributed by atoms with van der Waals surface area (Å²) in [4.78, 5) is 12.6. The van der Waals surface area contributed by atoms with Gasteiger partial charge in [-0.05, 0) is 61.4 Å². The number of carbonyl (C=O) groups is 1. The Hall–Kier alpha value is -3.32. The van der Waals surface area contributed by atoms with Gasteiger partial charge in [0.05, 0.1) is 17.1 Å². The molecule has 1 amide bonds. The van der Waals surface area contributed by atoms with E-state index >= 15 is 0 Å². The van der Waals surface area contributed by atoms with Gasteiger partial charge in [0.1, 0.15) is 12.4 Å². The van der Waals surface area contributed by atoms with Gasteiger partial charge in [-0.25, -0.2) is 8.42 Å². The Bertz CT molecular complexity index is 1130. The average Bonchev–Trinajstić information content (AvgIpc) is 2.74. The third-order valence-electron chi connectivity index (χ3n) is 4.53. The highest BCUT2D eigenvalue weighted by Gasteiger charge is 2.15. The molecule has 0 atom stereocenters. The molecule has 0 aliphatic carbocycles. The minimum atomic E-state index is -3.68. The topological polar surface area (TPSA) is 84.5 Å². The number of carbonyl (C=O) groups excluding carboxylic acids is 1. The van der Waals surface area contributed by atoms with Crippen LogP contribution in [0.1, 0.15) is 21.5 Å². The van der Waals surface area contributed by atoms with Gasteiger partial charge >= 0.3 is 0 Å². The lowest BCUT2D eigenvalue weighted by molar-refractivity contribution is 0.0947. The molecular weight excluding hydrogens is 400 g/mol. The summed E-state index contributed by atoms with van der Waals surface area (Å²) in [7, 11) is -3.68. The molecule has 0 aromatic heterocycles. The van der Waals surface area contributed by atoms with Crippen molar-refractivity contribution in [3.05, 3.63) is 89.5 Å². The van der Waals surface area contributed by atoms with Crippen LogP contribution in [0.2, 0.25) is 0 Å². The predicted molar refractivity (Wildman–Crippen MR) is 117 cm³/mol. The van der Waals surface area contributed by atoms with E-state index in [9.17, 15) is 13.2 Å². The maximum Gasteiger partial charge on any atom is 0.261 e. The highest BCUT2D eigenvalue weighted by Crippen LogP contribution is 2.21. The molecule has 0 bridgehead atoms. The number of anilines is 1. The van der Waals surface area contributed by atoms with E-state index in [0.29, 0.717) is 30.0 Å². The van der Waals surface area contributed by atoms with Crippen molar-refractivity contribution in [2.75, 3.05) is 17.9 Å². The molecule has 0 saturated heterocycles. The number of aryl methyl sites for hydroxylation is 2. The number of amides is 1. The van der Waals surface area contributed by atoms with Gasteiger partial charge in [0.25, 0.3) is 15.9 Å². The SMILES string of the molecule is Cc1cc(C(=O)NCCOc2ccccc2C)ccc1NS(=O)(=O)c1ccccc1. The summed E-state index contributed by atoms with van der Waals surface area (Å²) < 4.78 is 33.2. The van der Waals surface area contributed by atoms with Gasteiger partial charge < -0.3 is 10.1 Å². The van der Waals surface area contributed by atoms with Gasteiger partial charge in [-0.3, -0.25) is 9.52 Å². The van der Waals surface area contributed by atoms with Gasteiger partial charge in [-0.2, -0.15) is 0 Å². The number of para-hydroxylation sites is 1. The fraction of sp³-hybridized carbons (Fsp3) is 0.174. The molecule has 0 spiro atoms. The van der Waals surface area contributed by atoms with E-state index in [1.807, 2.05) is 31.2 Å². The fourth-order valence-electron chi connectivity index (χ4n) is 2.87. The molecule has 30 heavy (non-hydrogen) atoms. The number of ether oxygens (including phenoxy) is 1. The highest BCUT2D eigenvalue weighted by atomic mass is 32.2. The predicted octanol–water partition coefficient (Wildman–Crippen LogP) is 3.91. The highest BCUT2D eigenvalue weighted by molar-refractivity contribution is 7.92. The Labute approximate surface area is 177 Å². The molecule has 0 unspecified atom stereocenters. The number of rotatable bonds is 8. The van der Waals surface area contributed by atoms with Crippen LogP contribution in [0, 0.1) is 13.8 Å². The molecule has 3 aromatic rings. The van der Waals surface area contributed by atoms with Gasteiger partial charge in [-0.1, -0.05) is 36.4 Å². The lowest BCUT2D eigenvalue weighted by Gasteiger charge is -2.13. The van der Waals surface area contributed by atoms with E-state index in [1.165, 1.54) is 12.1 Å². The molecule has 0 fully saturated rings. The minimum Gasteiger partial charge on any atom is -0.491 e. The Morgan fingerprint density at radius 3 is 2.30 bits per heavy atom. The van der Waals surface area contributed by atoms with Crippen LogP contribution in [0.25, 0.3) is 0 Å². The lowest BCUT2D eigenvalue weighted by atomic mass is 10.1. The summed E-state index contributed by atoms with van der Waals surface area (Å²) in [6, 6.07) is 20.7. The second-order valence-corrected chi connectivity index (χ2v) is 8.50. The quantitative estimate of drug-likeness (QED) is 0.537. The van der Waals surface area contributed by atoms with Crippen LogP contribution in [-0.2, 0) is 10.0 Å². The molecule has 0 saturated carbocycles. The maximum absolute atomic E-state index is 12.5. The molecule has 3 rings (SSSR count). The summed E-state index contributed by atoms with van der Waals surface area (Å²) in [5.41, 5.74) is 2.57. The van der Waals surface area contributed by atoms with Gasteiger partial charge in [0, 0.05) is 5.56 Å². The molecule has 0 radical (unpaired) electrons. The first-order valence-corrected chi connectivity index (χ1v) is 11.0. The second kappa shape index (κ2) is 9.45. The third-order valence-corrected chi connectivity index (χ3v) is 5.91. The molecule has 0 aliphatic heterocycles. The van der Waals surface area contributed by atoms with Crippen molar-refractivity contribution < 1.29 is 17.9 Å². The molecule has 7 heteroatoms. The number of benzene rings is 3. The summed E-state index contributed by atoms with van der Waals surface area (Å²) in [6.07, 6.45) is 0. The number of nitrogens with one attached hydrogen (secondary N) is 2. The third kappa shape index (κ3) is 5.39. The largest absolute Gasteiger partial charge is 0.491 e. The Kier molecular flexibility index (Phi) is 6.74. The van der Waals surface area contributed by atoms with E-state index in [0.717, 1.165) is 11.3 Å². The van der Waals surface area contributed by atoms with Crippen LogP contribution < -0.4 is 14.8 Å². The first-order valence-electron chi connectivity index (χ1n) is 9.52. The van der Waals surface area contributed by atoms with Crippen LogP contribution in [0.15, 0.2) is 77.7 Å². The van der Waals surface area contributed by atoms with E-state index in [2.05, 4.69) is 10.0 Å². The summed E-state index contributed by atoms with van der Waals surface area (Å²) >= 11 is 0. The number of hydrogen-bond acceptors (Lipinski definition) is 4. The van der Waals surface area contributed by atoms with Crippen molar-refractivity contribution in [1.82, 2.24) is 5.32 Å². The Morgan fingerprint density at radius 2 is 1.60 bits per heavy atom. The molecule has 156 valence electrons. The molecular formula is C23H24N2O4S. The molecule has 3 aromatic carbocycles. The van der Waals surface area contributed by atoms with E-state index in [-0.39, 0.29) is 10.8 Å². The van der Waals surface area contributed by atoms with Crippen molar-refractivity contribution in [1.29, 1.82) is 0 Å². The molecule has 0 aliphatic rings. The number of sulfonamides is 1. The first kappa shape index (κ1) is 21.4. The van der Waals surface area contributed by atoms with Crippen molar-refractivity contribution >= 4 is 21.6 Å². The minimum absolute atomic E-state index is 0.180. The monoisotopic (exact) mass is 424 g/mol. The zero-order valence-electron chi connectivity index (χ0n) is 16.9. The Balaban J connectivity index is 1.58. The molecule has 0 heterocycles. The van der Waals surface area contributed by atoms with Crippen LogP contribution >= 0.6 is 0 Å². The zero-order valence-corrected chi connectivity index (χ0v) is 17.7. The van der Waals surface area contributed by atoms with Gasteiger partial charge in [0.15, 0.2) is 0 Å². The maximum atomic E-state index is 12.5. The molecule has 6 nitrogen and oxygen atoms in total. The van der Waals surface area contributed by atoms with Gasteiger partial charge in [0.2, 0.25) is 0 Å². The van der Waals surface area contributed by atoms with Crippen LogP contribution in [0.4, 0.5) is 5.69 Å². The number of hydrogen-bond donors (Lipinski definition) is 2. The standard InChI is InChI=1S/C23H24N2O4S/c1-17-8-6-7-11-22(17)29-15-14-24-23(26)19-12-13-21(18(2)16-19)25-30(27,28)20-9-4-3-5-10-20/h3-13,16,25H,14-15H2,1-2H3,(H,24,26). The van der Waals surface area contributed by atoms with Crippen LogP contribution in [0.5, 0.6) is 5.75 Å². The molecule has 2 N–H and O–H groups in total.